The average Bonchev–Trinajstić information content (AvgIpc) is 2.97. The van der Waals surface area contributed by atoms with Crippen molar-refractivity contribution in [2.75, 3.05) is 6.54 Å². The Kier molecular flexibility index (Phi) is 5.69. The maximum atomic E-state index is 12.0. The predicted octanol–water partition coefficient (Wildman–Crippen LogP) is 4.01. The molecule has 1 fully saturated rings. The fourth-order valence-electron chi connectivity index (χ4n) is 2.84. The molecule has 5 nitrogen and oxygen atoms in total. The summed E-state index contributed by atoms with van der Waals surface area (Å²) in [5, 5.41) is 10.0. The van der Waals surface area contributed by atoms with Crippen LogP contribution in [0.3, 0.4) is 0 Å². The SMILES string of the molecule is O=C(O)C1CC(=O)N(Cc2cccc(OCc3ccc(Cl)c(Cl)c3)c2)C1. The summed E-state index contributed by atoms with van der Waals surface area (Å²) in [6.45, 7) is 0.944. The van der Waals surface area contributed by atoms with Crippen molar-refractivity contribution in [1.29, 1.82) is 0 Å². The maximum absolute atomic E-state index is 12.0. The van der Waals surface area contributed by atoms with E-state index in [1.807, 2.05) is 30.3 Å². The van der Waals surface area contributed by atoms with E-state index in [0.29, 0.717) is 28.9 Å². The normalized spacial score (nSPS) is 16.8. The number of aliphatic carboxylic acids is 1. The Bertz CT molecular complexity index is 840. The molecule has 26 heavy (non-hydrogen) atoms. The van der Waals surface area contributed by atoms with Crippen molar-refractivity contribution in [2.45, 2.75) is 19.6 Å². The van der Waals surface area contributed by atoms with Crippen molar-refractivity contribution >= 4 is 35.1 Å². The van der Waals surface area contributed by atoms with Crippen LogP contribution in [0.1, 0.15) is 17.5 Å². The first-order valence-corrected chi connectivity index (χ1v) is 8.84. The first kappa shape index (κ1) is 18.5. The highest BCUT2D eigenvalue weighted by Crippen LogP contribution is 2.25. The Hall–Kier alpha value is -2.24. The summed E-state index contributed by atoms with van der Waals surface area (Å²) in [5.41, 5.74) is 1.78. The Labute approximate surface area is 161 Å². The van der Waals surface area contributed by atoms with E-state index in [1.165, 1.54) is 0 Å². The fourth-order valence-corrected chi connectivity index (χ4v) is 3.16. The molecule has 1 heterocycles. The van der Waals surface area contributed by atoms with Gasteiger partial charge in [-0.25, -0.2) is 0 Å². The number of amides is 1. The van der Waals surface area contributed by atoms with Crippen molar-refractivity contribution in [3.8, 4) is 5.75 Å². The molecule has 1 N–H and O–H groups in total. The van der Waals surface area contributed by atoms with Crippen LogP contribution in [0.15, 0.2) is 42.5 Å². The van der Waals surface area contributed by atoms with Crippen molar-refractivity contribution in [2.24, 2.45) is 5.92 Å². The largest absolute Gasteiger partial charge is 0.489 e. The van der Waals surface area contributed by atoms with Gasteiger partial charge in [-0.05, 0) is 35.4 Å². The maximum Gasteiger partial charge on any atom is 0.308 e. The second-order valence-corrected chi connectivity index (χ2v) is 7.01. The van der Waals surface area contributed by atoms with Crippen LogP contribution in [0.4, 0.5) is 0 Å². The number of hydrogen-bond donors (Lipinski definition) is 1. The molecule has 2 aromatic carbocycles. The number of likely N-dealkylation sites (tertiary alicyclic amines) is 1. The van der Waals surface area contributed by atoms with E-state index >= 15 is 0 Å². The van der Waals surface area contributed by atoms with Crippen LogP contribution in [0.25, 0.3) is 0 Å². The number of halogens is 2. The number of rotatable bonds is 6. The molecule has 0 bridgehead atoms. The first-order chi connectivity index (χ1) is 12.4. The summed E-state index contributed by atoms with van der Waals surface area (Å²) in [5.74, 6) is -1.04. The molecule has 1 atom stereocenters. The molecule has 7 heteroatoms. The molecular weight excluding hydrogens is 377 g/mol. The molecule has 1 aliphatic rings. The van der Waals surface area contributed by atoms with Crippen LogP contribution in [0.2, 0.25) is 10.0 Å². The predicted molar refractivity (Wildman–Crippen MR) is 98.4 cm³/mol. The molecule has 0 aromatic heterocycles. The molecular formula is C19H17Cl2NO4. The summed E-state index contributed by atoms with van der Waals surface area (Å²) < 4.78 is 5.78. The van der Waals surface area contributed by atoms with E-state index in [-0.39, 0.29) is 18.9 Å². The molecule has 1 saturated heterocycles. The highest BCUT2D eigenvalue weighted by atomic mass is 35.5. The molecule has 0 radical (unpaired) electrons. The molecule has 2 aromatic rings. The van der Waals surface area contributed by atoms with E-state index in [4.69, 9.17) is 33.0 Å². The van der Waals surface area contributed by atoms with Crippen LogP contribution in [-0.2, 0) is 22.7 Å². The van der Waals surface area contributed by atoms with Crippen LogP contribution in [0, 0.1) is 5.92 Å². The zero-order chi connectivity index (χ0) is 18.7. The van der Waals surface area contributed by atoms with Gasteiger partial charge in [0.05, 0.1) is 16.0 Å². The van der Waals surface area contributed by atoms with Crippen LogP contribution >= 0.6 is 23.2 Å². The van der Waals surface area contributed by atoms with E-state index in [2.05, 4.69) is 0 Å². The summed E-state index contributed by atoms with van der Waals surface area (Å²) in [6.07, 6.45) is 0.0584. The molecule has 0 aliphatic carbocycles. The third kappa shape index (κ3) is 4.48. The molecule has 1 unspecified atom stereocenters. The summed E-state index contributed by atoms with van der Waals surface area (Å²) in [6, 6.07) is 12.7. The van der Waals surface area contributed by atoms with Gasteiger partial charge >= 0.3 is 5.97 Å². The van der Waals surface area contributed by atoms with Crippen LogP contribution in [0.5, 0.6) is 5.75 Å². The van der Waals surface area contributed by atoms with Gasteiger partial charge in [0.15, 0.2) is 0 Å². The summed E-state index contributed by atoms with van der Waals surface area (Å²) in [7, 11) is 0. The van der Waals surface area contributed by atoms with Crippen LogP contribution in [-0.4, -0.2) is 28.4 Å². The Morgan fingerprint density at radius 1 is 1.15 bits per heavy atom. The molecule has 0 spiro atoms. The number of hydrogen-bond acceptors (Lipinski definition) is 3. The zero-order valence-corrected chi connectivity index (χ0v) is 15.3. The van der Waals surface area contributed by atoms with E-state index in [1.54, 1.807) is 17.0 Å². The lowest BCUT2D eigenvalue weighted by Crippen LogP contribution is -2.25. The van der Waals surface area contributed by atoms with Gasteiger partial charge in [0, 0.05) is 19.5 Å². The second-order valence-electron chi connectivity index (χ2n) is 6.20. The number of carboxylic acid groups (broad SMARTS) is 1. The van der Waals surface area contributed by atoms with Gasteiger partial charge in [0.25, 0.3) is 0 Å². The van der Waals surface area contributed by atoms with Gasteiger partial charge in [-0.2, -0.15) is 0 Å². The van der Waals surface area contributed by atoms with Crippen molar-refractivity contribution in [3.05, 3.63) is 63.6 Å². The third-order valence-electron chi connectivity index (χ3n) is 4.23. The lowest BCUT2D eigenvalue weighted by molar-refractivity contribution is -0.141. The Morgan fingerprint density at radius 2 is 1.96 bits per heavy atom. The van der Waals surface area contributed by atoms with E-state index < -0.39 is 11.9 Å². The van der Waals surface area contributed by atoms with E-state index in [0.717, 1.165) is 11.1 Å². The minimum atomic E-state index is -0.931. The molecule has 3 rings (SSSR count). The van der Waals surface area contributed by atoms with Gasteiger partial charge in [0.1, 0.15) is 12.4 Å². The quantitative estimate of drug-likeness (QED) is 0.804. The third-order valence-corrected chi connectivity index (χ3v) is 4.96. The minimum Gasteiger partial charge on any atom is -0.489 e. The van der Waals surface area contributed by atoms with E-state index in [9.17, 15) is 9.59 Å². The molecule has 1 amide bonds. The summed E-state index contributed by atoms with van der Waals surface area (Å²) >= 11 is 11.9. The topological polar surface area (TPSA) is 66.8 Å². The number of carboxylic acids is 1. The van der Waals surface area contributed by atoms with Gasteiger partial charge in [0.2, 0.25) is 5.91 Å². The van der Waals surface area contributed by atoms with Gasteiger partial charge in [-0.15, -0.1) is 0 Å². The number of nitrogens with zero attached hydrogens (tertiary/aromatic N) is 1. The van der Waals surface area contributed by atoms with Crippen LogP contribution < -0.4 is 4.74 Å². The smallest absolute Gasteiger partial charge is 0.308 e. The van der Waals surface area contributed by atoms with Crippen molar-refractivity contribution in [1.82, 2.24) is 4.90 Å². The molecule has 1 aliphatic heterocycles. The Balaban J connectivity index is 1.62. The first-order valence-electron chi connectivity index (χ1n) is 8.08. The number of benzene rings is 2. The highest BCUT2D eigenvalue weighted by Gasteiger charge is 2.34. The van der Waals surface area contributed by atoms with Gasteiger partial charge in [-0.3, -0.25) is 9.59 Å². The molecule has 0 saturated carbocycles. The van der Waals surface area contributed by atoms with Gasteiger partial charge < -0.3 is 14.7 Å². The second kappa shape index (κ2) is 7.98. The fraction of sp³-hybridized carbons (Fsp3) is 0.263. The van der Waals surface area contributed by atoms with Crippen molar-refractivity contribution in [3.63, 3.8) is 0 Å². The number of carbonyl (C=O) groups is 2. The number of carbonyl (C=O) groups excluding carboxylic acids is 1. The standard InChI is InChI=1S/C19H17Cl2NO4/c20-16-5-4-13(7-17(16)21)11-26-15-3-1-2-12(6-15)9-22-10-14(19(24)25)8-18(22)23/h1-7,14H,8-11H2,(H,24,25). The monoisotopic (exact) mass is 393 g/mol. The number of ether oxygens (including phenoxy) is 1. The lowest BCUT2D eigenvalue weighted by atomic mass is 10.1. The summed E-state index contributed by atoms with van der Waals surface area (Å²) in [4.78, 5) is 24.6. The zero-order valence-electron chi connectivity index (χ0n) is 13.8. The minimum absolute atomic E-state index is 0.0584. The lowest BCUT2D eigenvalue weighted by Gasteiger charge is -2.16. The highest BCUT2D eigenvalue weighted by molar-refractivity contribution is 6.42. The van der Waals surface area contributed by atoms with Gasteiger partial charge in [-0.1, -0.05) is 41.4 Å². The Morgan fingerprint density at radius 3 is 2.65 bits per heavy atom. The molecule has 136 valence electrons. The average molecular weight is 394 g/mol. The van der Waals surface area contributed by atoms with Crippen molar-refractivity contribution < 1.29 is 19.4 Å².